The topological polar surface area (TPSA) is 64.2 Å². The summed E-state index contributed by atoms with van der Waals surface area (Å²) in [6.07, 6.45) is 4.17. The minimum absolute atomic E-state index is 0.0517. The highest BCUT2D eigenvalue weighted by Gasteiger charge is 2.23. The first kappa shape index (κ1) is 12.1. The fourth-order valence-corrected chi connectivity index (χ4v) is 1.95. The van der Waals surface area contributed by atoms with Gasteiger partial charge in [-0.3, -0.25) is 4.79 Å². The Labute approximate surface area is 102 Å². The number of rotatable bonds is 3. The van der Waals surface area contributed by atoms with Gasteiger partial charge in [-0.15, -0.1) is 0 Å². The van der Waals surface area contributed by atoms with E-state index in [1.807, 2.05) is 24.9 Å². The third-order valence-corrected chi connectivity index (χ3v) is 3.36. The van der Waals surface area contributed by atoms with Crippen LogP contribution in [0.3, 0.4) is 0 Å². The van der Waals surface area contributed by atoms with E-state index in [0.717, 1.165) is 18.9 Å². The summed E-state index contributed by atoms with van der Waals surface area (Å²) < 4.78 is 2.09. The Kier molecular flexibility index (Phi) is 3.47. The molecule has 2 rings (SSSR count). The van der Waals surface area contributed by atoms with Gasteiger partial charge in [0, 0.05) is 37.9 Å². The van der Waals surface area contributed by atoms with Crippen LogP contribution in [0.25, 0.3) is 0 Å². The molecule has 1 aliphatic heterocycles. The molecule has 0 saturated heterocycles. The molecule has 0 aromatic carbocycles. The summed E-state index contributed by atoms with van der Waals surface area (Å²) in [5.41, 5.74) is 5.93. The summed E-state index contributed by atoms with van der Waals surface area (Å²) >= 11 is 0. The predicted molar refractivity (Wildman–Crippen MR) is 65.1 cm³/mol. The molecule has 2 N–H and O–H groups in total. The van der Waals surface area contributed by atoms with E-state index in [2.05, 4.69) is 9.55 Å². The third kappa shape index (κ3) is 2.66. The number of imidazole rings is 1. The number of nitrogens with zero attached hydrogens (tertiary/aromatic N) is 3. The Bertz CT molecular complexity index is 399. The summed E-state index contributed by atoms with van der Waals surface area (Å²) in [4.78, 5) is 18.1. The number of amides is 1. The van der Waals surface area contributed by atoms with Crippen LogP contribution in [0, 0.1) is 5.92 Å². The highest BCUT2D eigenvalue weighted by molar-refractivity contribution is 5.76. The van der Waals surface area contributed by atoms with Crippen molar-refractivity contribution in [2.24, 2.45) is 11.7 Å². The molecular formula is C12H20N4O. The largest absolute Gasteiger partial charge is 0.333 e. The second-order valence-corrected chi connectivity index (χ2v) is 4.96. The molecule has 17 heavy (non-hydrogen) atoms. The molecule has 0 radical (unpaired) electrons. The molecule has 1 aromatic rings. The maximum absolute atomic E-state index is 12.1. The van der Waals surface area contributed by atoms with Crippen LogP contribution in [0.5, 0.6) is 0 Å². The van der Waals surface area contributed by atoms with Gasteiger partial charge in [-0.1, -0.05) is 13.8 Å². The van der Waals surface area contributed by atoms with Crippen molar-refractivity contribution < 1.29 is 4.79 Å². The molecule has 1 amide bonds. The molecule has 0 aliphatic carbocycles. The highest BCUT2D eigenvalue weighted by Crippen LogP contribution is 2.13. The maximum atomic E-state index is 12.1. The summed E-state index contributed by atoms with van der Waals surface area (Å²) in [5.74, 6) is 1.44. The van der Waals surface area contributed by atoms with E-state index in [9.17, 15) is 4.79 Å². The van der Waals surface area contributed by atoms with Crippen LogP contribution in [0.2, 0.25) is 0 Å². The fraction of sp³-hybridized carbons (Fsp3) is 0.667. The monoisotopic (exact) mass is 236 g/mol. The Morgan fingerprint density at radius 3 is 3.00 bits per heavy atom. The first-order valence-electron chi connectivity index (χ1n) is 6.11. The molecule has 0 saturated carbocycles. The van der Waals surface area contributed by atoms with Gasteiger partial charge in [0.2, 0.25) is 5.91 Å². The van der Waals surface area contributed by atoms with Crippen LogP contribution in [0.1, 0.15) is 26.1 Å². The normalized spacial score (nSPS) is 17.1. The molecule has 1 atom stereocenters. The Hall–Kier alpha value is -1.36. The molecule has 0 spiro atoms. The van der Waals surface area contributed by atoms with Gasteiger partial charge < -0.3 is 15.2 Å². The minimum atomic E-state index is -0.0517. The molecule has 2 heterocycles. The fourth-order valence-electron chi connectivity index (χ4n) is 1.95. The predicted octanol–water partition coefficient (Wildman–Crippen LogP) is 0.599. The lowest BCUT2D eigenvalue weighted by atomic mass is 10.0. The quantitative estimate of drug-likeness (QED) is 0.835. The molecule has 1 unspecified atom stereocenters. The lowest BCUT2D eigenvalue weighted by Gasteiger charge is -2.29. The van der Waals surface area contributed by atoms with Gasteiger partial charge in [-0.2, -0.15) is 0 Å². The minimum Gasteiger partial charge on any atom is -0.333 e. The second kappa shape index (κ2) is 4.87. The van der Waals surface area contributed by atoms with E-state index in [1.165, 1.54) is 0 Å². The van der Waals surface area contributed by atoms with Gasteiger partial charge in [-0.05, 0) is 5.92 Å². The highest BCUT2D eigenvalue weighted by atomic mass is 16.2. The molecule has 5 heteroatoms. The second-order valence-electron chi connectivity index (χ2n) is 4.96. The number of hydrogen-bond donors (Lipinski definition) is 1. The SMILES string of the molecule is CC(C)C(N)CC(=O)N1CCn2ccnc2C1. The number of nitrogens with two attached hydrogens (primary N) is 1. The van der Waals surface area contributed by atoms with Crippen molar-refractivity contribution in [3.63, 3.8) is 0 Å². The van der Waals surface area contributed by atoms with E-state index < -0.39 is 0 Å². The van der Waals surface area contributed by atoms with Gasteiger partial charge in [0.1, 0.15) is 5.82 Å². The first-order valence-corrected chi connectivity index (χ1v) is 6.11. The van der Waals surface area contributed by atoms with Crippen LogP contribution in [0.15, 0.2) is 12.4 Å². The zero-order valence-corrected chi connectivity index (χ0v) is 10.5. The van der Waals surface area contributed by atoms with Crippen molar-refractivity contribution in [2.45, 2.75) is 39.4 Å². The molecule has 94 valence electrons. The summed E-state index contributed by atoms with van der Waals surface area (Å²) in [7, 11) is 0. The Morgan fingerprint density at radius 1 is 1.53 bits per heavy atom. The number of fused-ring (bicyclic) bond motifs is 1. The zero-order chi connectivity index (χ0) is 12.4. The molecule has 0 fully saturated rings. The summed E-state index contributed by atoms with van der Waals surface area (Å²) in [5, 5.41) is 0. The van der Waals surface area contributed by atoms with Crippen LogP contribution >= 0.6 is 0 Å². The van der Waals surface area contributed by atoms with Gasteiger partial charge in [0.05, 0.1) is 6.54 Å². The van der Waals surface area contributed by atoms with Crippen LogP contribution < -0.4 is 5.73 Å². The van der Waals surface area contributed by atoms with Gasteiger partial charge in [0.15, 0.2) is 0 Å². The van der Waals surface area contributed by atoms with E-state index in [-0.39, 0.29) is 11.9 Å². The smallest absolute Gasteiger partial charge is 0.224 e. The van der Waals surface area contributed by atoms with Crippen molar-refractivity contribution in [1.29, 1.82) is 0 Å². The molecular weight excluding hydrogens is 216 g/mol. The average molecular weight is 236 g/mol. The molecule has 1 aliphatic rings. The molecule has 0 bridgehead atoms. The van der Waals surface area contributed by atoms with Crippen molar-refractivity contribution in [3.8, 4) is 0 Å². The lowest BCUT2D eigenvalue weighted by Crippen LogP contribution is -2.41. The summed E-state index contributed by atoms with van der Waals surface area (Å²) in [6.45, 7) is 6.28. The van der Waals surface area contributed by atoms with Crippen molar-refractivity contribution in [2.75, 3.05) is 6.54 Å². The van der Waals surface area contributed by atoms with Crippen molar-refractivity contribution >= 4 is 5.91 Å². The van der Waals surface area contributed by atoms with Crippen LogP contribution in [-0.2, 0) is 17.9 Å². The van der Waals surface area contributed by atoms with Crippen LogP contribution in [0.4, 0.5) is 0 Å². The van der Waals surface area contributed by atoms with Gasteiger partial charge >= 0.3 is 0 Å². The third-order valence-electron chi connectivity index (χ3n) is 3.36. The van der Waals surface area contributed by atoms with Gasteiger partial charge in [-0.25, -0.2) is 4.98 Å². The van der Waals surface area contributed by atoms with E-state index in [4.69, 9.17) is 5.73 Å². The first-order chi connectivity index (χ1) is 8.08. The van der Waals surface area contributed by atoms with E-state index in [0.29, 0.717) is 18.9 Å². The van der Waals surface area contributed by atoms with E-state index in [1.54, 1.807) is 6.20 Å². The van der Waals surface area contributed by atoms with Gasteiger partial charge in [0.25, 0.3) is 0 Å². The van der Waals surface area contributed by atoms with Crippen molar-refractivity contribution in [1.82, 2.24) is 14.5 Å². The number of hydrogen-bond acceptors (Lipinski definition) is 3. The van der Waals surface area contributed by atoms with Crippen molar-refractivity contribution in [3.05, 3.63) is 18.2 Å². The summed E-state index contributed by atoms with van der Waals surface area (Å²) in [6, 6.07) is -0.0517. The zero-order valence-electron chi connectivity index (χ0n) is 10.5. The maximum Gasteiger partial charge on any atom is 0.224 e. The van der Waals surface area contributed by atoms with E-state index >= 15 is 0 Å². The number of carbonyl (C=O) groups excluding carboxylic acids is 1. The lowest BCUT2D eigenvalue weighted by molar-refractivity contribution is -0.133. The molecule has 1 aromatic heterocycles. The van der Waals surface area contributed by atoms with Crippen LogP contribution in [-0.4, -0.2) is 32.9 Å². The standard InChI is InChI=1S/C12H20N4O/c1-9(2)10(13)7-12(17)16-6-5-15-4-3-14-11(15)8-16/h3-4,9-10H,5-8,13H2,1-2H3. The molecule has 5 nitrogen and oxygen atoms in total. The Morgan fingerprint density at radius 2 is 2.29 bits per heavy atom. The number of carbonyl (C=O) groups is 1. The average Bonchev–Trinajstić information content (AvgIpc) is 2.75. The Balaban J connectivity index is 1.94. The number of aromatic nitrogens is 2.